The summed E-state index contributed by atoms with van der Waals surface area (Å²) in [7, 11) is 0.750. The zero-order valence-electron chi connectivity index (χ0n) is 15.8. The largest absolute Gasteiger partial charge is 4.00 e. The summed E-state index contributed by atoms with van der Waals surface area (Å²) in [5.41, 5.74) is 2.83. The van der Waals surface area contributed by atoms with Crippen molar-refractivity contribution in [3.8, 4) is 0 Å². The first-order valence-corrected chi connectivity index (χ1v) is 10.9. The van der Waals surface area contributed by atoms with Gasteiger partial charge in [0.2, 0.25) is 0 Å². The van der Waals surface area contributed by atoms with Crippen molar-refractivity contribution in [3.05, 3.63) is 47.6 Å². The number of hydrogen-bond donors (Lipinski definition) is 0. The molecule has 0 saturated heterocycles. The predicted molar refractivity (Wildman–Crippen MR) is 99.0 cm³/mol. The first-order chi connectivity index (χ1) is 10.3. The standard InChI is InChI=1S/2C9H13.C2H7Si.2ClH.Hf/c2*1-2-3-6-9-7-4-5-8-9;1-3-2;;;/h2*4,7H,2-3,5-6H2,1H3;3H,1-2H3;2*1H;/q2*-1;;;;+4/p-2. The predicted octanol–water partition coefficient (Wildman–Crippen LogP) is 0.257. The van der Waals surface area contributed by atoms with Crippen LogP contribution < -0.4 is 24.8 Å². The smallest absolute Gasteiger partial charge is 1.00 e. The van der Waals surface area contributed by atoms with E-state index >= 15 is 0 Å². The van der Waals surface area contributed by atoms with Crippen molar-refractivity contribution in [2.24, 2.45) is 0 Å². The third kappa shape index (κ3) is 20.7. The summed E-state index contributed by atoms with van der Waals surface area (Å²) < 4.78 is 0. The van der Waals surface area contributed by atoms with Crippen molar-refractivity contribution >= 4 is 9.52 Å². The summed E-state index contributed by atoms with van der Waals surface area (Å²) in [5, 5.41) is 0. The van der Waals surface area contributed by atoms with Crippen molar-refractivity contribution in [1.82, 2.24) is 0 Å². The van der Waals surface area contributed by atoms with Crippen molar-refractivity contribution < 1.29 is 50.7 Å². The fraction of sp³-hybridized carbons (Fsp3) is 0.600. The number of halogens is 2. The third-order valence-corrected chi connectivity index (χ3v) is 3.13. The molecule has 1 radical (unpaired) electrons. The quantitative estimate of drug-likeness (QED) is 0.329. The number of rotatable bonds is 6. The minimum absolute atomic E-state index is 0. The molecule has 2 aliphatic rings. The Labute approximate surface area is 185 Å². The first kappa shape index (κ1) is 32.3. The van der Waals surface area contributed by atoms with Gasteiger partial charge in [-0.25, -0.2) is 23.3 Å². The molecule has 0 saturated carbocycles. The van der Waals surface area contributed by atoms with Gasteiger partial charge in [-0.1, -0.05) is 65.5 Å². The molecule has 24 heavy (non-hydrogen) atoms. The Hall–Kier alpha value is 0.627. The fourth-order valence-electron chi connectivity index (χ4n) is 1.98. The SMILES string of the molecule is CCCCC1=[C-]CC=C1.CCCCC1=[C-]CC=C1.C[SiH]C.[Cl-].[Cl-].[Hf+4]. The van der Waals surface area contributed by atoms with Gasteiger partial charge in [0, 0.05) is 9.52 Å². The minimum atomic E-state index is 0. The topological polar surface area (TPSA) is 0 Å². The zero-order valence-corrected chi connectivity index (χ0v) is 22.1. The van der Waals surface area contributed by atoms with Crippen LogP contribution in [0.15, 0.2) is 35.5 Å². The van der Waals surface area contributed by atoms with E-state index in [-0.39, 0.29) is 50.7 Å². The molecule has 0 nitrogen and oxygen atoms in total. The summed E-state index contributed by atoms with van der Waals surface area (Å²) >= 11 is 0. The first-order valence-electron chi connectivity index (χ1n) is 8.54. The van der Waals surface area contributed by atoms with Crippen LogP contribution in [0.1, 0.15) is 65.2 Å². The van der Waals surface area contributed by atoms with Crippen LogP contribution in [0.25, 0.3) is 0 Å². The van der Waals surface area contributed by atoms with Crippen molar-refractivity contribution in [2.75, 3.05) is 0 Å². The molecular weight excluding hydrogens is 518 g/mol. The maximum Gasteiger partial charge on any atom is 4.00 e. The molecule has 0 amide bonds. The van der Waals surface area contributed by atoms with Gasteiger partial charge in [0.25, 0.3) is 0 Å². The van der Waals surface area contributed by atoms with Crippen molar-refractivity contribution in [3.63, 3.8) is 0 Å². The van der Waals surface area contributed by atoms with Gasteiger partial charge < -0.3 is 24.8 Å². The monoisotopic (exact) mass is 551 g/mol. The van der Waals surface area contributed by atoms with E-state index < -0.39 is 0 Å². The Morgan fingerprint density at radius 2 is 1.17 bits per heavy atom. The van der Waals surface area contributed by atoms with E-state index in [4.69, 9.17) is 0 Å². The Morgan fingerprint density at radius 3 is 1.38 bits per heavy atom. The van der Waals surface area contributed by atoms with E-state index in [1.54, 1.807) is 0 Å². The molecular formula is C20H33Cl2HfSi. The average Bonchev–Trinajstić information content (AvgIpc) is 3.18. The maximum atomic E-state index is 3.30. The van der Waals surface area contributed by atoms with Crippen LogP contribution in [0.5, 0.6) is 0 Å². The molecule has 2 aliphatic carbocycles. The minimum Gasteiger partial charge on any atom is -1.00 e. The summed E-state index contributed by atoms with van der Waals surface area (Å²) in [6, 6.07) is 0. The Morgan fingerprint density at radius 1 is 0.833 bits per heavy atom. The van der Waals surface area contributed by atoms with Gasteiger partial charge in [-0.15, -0.1) is 12.8 Å². The third-order valence-electron chi connectivity index (χ3n) is 3.13. The molecule has 0 atom stereocenters. The molecule has 0 aromatic carbocycles. The van der Waals surface area contributed by atoms with E-state index in [0.717, 1.165) is 22.4 Å². The summed E-state index contributed by atoms with van der Waals surface area (Å²) in [6.07, 6.45) is 25.1. The molecule has 135 valence electrons. The van der Waals surface area contributed by atoms with Crippen LogP contribution in [0, 0.1) is 12.2 Å². The van der Waals surface area contributed by atoms with E-state index in [0.29, 0.717) is 0 Å². The second kappa shape index (κ2) is 25.9. The van der Waals surface area contributed by atoms with Crippen LogP contribution in [-0.4, -0.2) is 9.52 Å². The van der Waals surface area contributed by atoms with Crippen LogP contribution >= 0.6 is 0 Å². The number of hydrogen-bond acceptors (Lipinski definition) is 0. The van der Waals surface area contributed by atoms with Gasteiger partial charge in [0.1, 0.15) is 0 Å². The molecule has 0 N–H and O–H groups in total. The number of allylic oxidation sites excluding steroid dienone is 8. The summed E-state index contributed by atoms with van der Waals surface area (Å²) in [4.78, 5) is 0. The van der Waals surface area contributed by atoms with Crippen LogP contribution in [0.3, 0.4) is 0 Å². The molecule has 0 aliphatic heterocycles. The number of unbranched alkanes of at least 4 members (excludes halogenated alkanes) is 2. The normalized spacial score (nSPS) is 13.0. The van der Waals surface area contributed by atoms with Gasteiger partial charge in [0.05, 0.1) is 0 Å². The molecule has 0 aromatic heterocycles. The van der Waals surface area contributed by atoms with Crippen LogP contribution in [-0.2, 0) is 25.8 Å². The van der Waals surface area contributed by atoms with Crippen LogP contribution in [0.2, 0.25) is 13.1 Å². The molecule has 0 fully saturated rings. The van der Waals surface area contributed by atoms with Gasteiger partial charge in [-0.3, -0.25) is 12.2 Å². The Balaban J connectivity index is -0.000000130. The van der Waals surface area contributed by atoms with E-state index in [9.17, 15) is 0 Å². The molecule has 0 aromatic rings. The van der Waals surface area contributed by atoms with Crippen molar-refractivity contribution in [2.45, 2.75) is 78.3 Å². The van der Waals surface area contributed by atoms with E-state index in [2.05, 4.69) is 63.4 Å². The molecule has 0 spiro atoms. The zero-order chi connectivity index (χ0) is 15.8. The molecule has 4 heteroatoms. The van der Waals surface area contributed by atoms with Crippen molar-refractivity contribution in [1.29, 1.82) is 0 Å². The van der Waals surface area contributed by atoms with Crippen LogP contribution in [0.4, 0.5) is 0 Å². The Bertz CT molecular complexity index is 327. The molecule has 0 unspecified atom stereocenters. The van der Waals surface area contributed by atoms with Gasteiger partial charge >= 0.3 is 25.8 Å². The summed E-state index contributed by atoms with van der Waals surface area (Å²) in [5.74, 6) is 0. The second-order valence-electron chi connectivity index (χ2n) is 5.40. The van der Waals surface area contributed by atoms with Gasteiger partial charge in [0.15, 0.2) is 0 Å². The Kier molecular flexibility index (Phi) is 34.8. The van der Waals surface area contributed by atoms with Gasteiger partial charge in [-0.2, -0.15) is 12.2 Å². The second-order valence-corrected chi connectivity index (χ2v) is 6.56. The van der Waals surface area contributed by atoms with E-state index in [1.165, 1.54) is 49.7 Å². The molecule has 0 heterocycles. The summed E-state index contributed by atoms with van der Waals surface area (Å²) in [6.45, 7) is 8.86. The fourth-order valence-corrected chi connectivity index (χ4v) is 1.98. The molecule has 2 rings (SSSR count). The average molecular weight is 551 g/mol. The van der Waals surface area contributed by atoms with Gasteiger partial charge in [-0.05, 0) is 0 Å². The molecule has 0 bridgehead atoms. The van der Waals surface area contributed by atoms with E-state index in [1.807, 2.05) is 0 Å². The maximum absolute atomic E-state index is 3.30.